The lowest BCUT2D eigenvalue weighted by molar-refractivity contribution is -0.193. The van der Waals surface area contributed by atoms with E-state index in [9.17, 15) is 26.3 Å². The third kappa shape index (κ3) is 9.52. The molecule has 14 heteroatoms. The van der Waals surface area contributed by atoms with Crippen molar-refractivity contribution in [2.75, 3.05) is 32.8 Å². The molecule has 2 N–H and O–H groups in total. The van der Waals surface area contributed by atoms with E-state index in [1.165, 1.54) is 56.7 Å². The fourth-order valence-electron chi connectivity index (χ4n) is 4.62. The van der Waals surface area contributed by atoms with Gasteiger partial charge in [-0.15, -0.1) is 11.3 Å². The Bertz CT molecular complexity index is 833. The van der Waals surface area contributed by atoms with Crippen LogP contribution in [0.3, 0.4) is 0 Å². The third-order valence-corrected chi connectivity index (χ3v) is 7.27. The van der Waals surface area contributed by atoms with Crippen molar-refractivity contribution in [3.8, 4) is 0 Å². The highest BCUT2D eigenvalue weighted by molar-refractivity contribution is 7.11. The van der Waals surface area contributed by atoms with Gasteiger partial charge in [0.05, 0.1) is 0 Å². The van der Waals surface area contributed by atoms with Crippen LogP contribution in [-0.2, 0) is 20.9 Å². The quantitative estimate of drug-likeness (QED) is 0.540. The van der Waals surface area contributed by atoms with E-state index in [0.29, 0.717) is 0 Å². The summed E-state index contributed by atoms with van der Waals surface area (Å²) < 4.78 is 69.0. The first-order valence-corrected chi connectivity index (χ1v) is 12.2. The number of nitrogens with zero attached hydrogens (tertiary/aromatic N) is 2. The molecule has 0 amide bonds. The largest absolute Gasteiger partial charge is 0.490 e. The van der Waals surface area contributed by atoms with Gasteiger partial charge in [-0.3, -0.25) is 9.80 Å². The van der Waals surface area contributed by atoms with Crippen LogP contribution in [0.5, 0.6) is 0 Å². The molecule has 3 fully saturated rings. The average molecular weight is 549 g/mol. The van der Waals surface area contributed by atoms with Gasteiger partial charge in [0.15, 0.2) is 0 Å². The first-order chi connectivity index (χ1) is 16.7. The van der Waals surface area contributed by atoms with Crippen LogP contribution in [0.1, 0.15) is 35.4 Å². The molecule has 4 rings (SSSR count). The number of carboxylic acids is 2. The minimum absolute atomic E-state index is 0.808. The molecule has 2 atom stereocenters. The molecule has 3 aliphatic rings. The number of carbonyl (C=O) groups is 2. The SMILES string of the molecule is Cc1ccc(CN2CC[C@H]3[C@H]2CCN3CC2CCOCC2)s1.O=C(O)C(F)(F)F.O=C(O)C(F)(F)F. The second-order valence-electron chi connectivity index (χ2n) is 8.85. The second-order valence-corrected chi connectivity index (χ2v) is 10.2. The predicted octanol–water partition coefficient (Wildman–Crippen LogP) is 4.40. The molecule has 0 radical (unpaired) electrons. The van der Waals surface area contributed by atoms with Crippen molar-refractivity contribution in [2.24, 2.45) is 5.92 Å². The monoisotopic (exact) mass is 548 g/mol. The van der Waals surface area contributed by atoms with Gasteiger partial charge >= 0.3 is 24.3 Å². The number of thiophene rings is 1. The Labute approximate surface area is 208 Å². The van der Waals surface area contributed by atoms with Crippen LogP contribution in [0.4, 0.5) is 26.3 Å². The van der Waals surface area contributed by atoms with Gasteiger partial charge in [-0.25, -0.2) is 9.59 Å². The van der Waals surface area contributed by atoms with Crippen LogP contribution in [0.15, 0.2) is 12.1 Å². The van der Waals surface area contributed by atoms with Crippen molar-refractivity contribution in [2.45, 2.75) is 63.6 Å². The fraction of sp³-hybridized carbons (Fsp3) is 0.727. The topological polar surface area (TPSA) is 90.3 Å². The smallest absolute Gasteiger partial charge is 0.475 e. The van der Waals surface area contributed by atoms with Crippen molar-refractivity contribution in [3.05, 3.63) is 21.9 Å². The first-order valence-electron chi connectivity index (χ1n) is 11.4. The summed E-state index contributed by atoms with van der Waals surface area (Å²) in [7, 11) is 0. The lowest BCUT2D eigenvalue weighted by Crippen LogP contribution is -2.39. The number of rotatable bonds is 4. The predicted molar refractivity (Wildman–Crippen MR) is 119 cm³/mol. The lowest BCUT2D eigenvalue weighted by Gasteiger charge is -2.30. The van der Waals surface area contributed by atoms with Crippen LogP contribution in [0.25, 0.3) is 0 Å². The second kappa shape index (κ2) is 13.1. The highest BCUT2D eigenvalue weighted by atomic mass is 32.1. The van der Waals surface area contributed by atoms with Crippen LogP contribution < -0.4 is 0 Å². The highest BCUT2D eigenvalue weighted by Crippen LogP contribution is 2.34. The molecule has 0 aromatic carbocycles. The molecule has 36 heavy (non-hydrogen) atoms. The molecular weight excluding hydrogens is 518 g/mol. The van der Waals surface area contributed by atoms with E-state index in [4.69, 9.17) is 24.5 Å². The molecule has 7 nitrogen and oxygen atoms in total. The van der Waals surface area contributed by atoms with Crippen molar-refractivity contribution >= 4 is 23.3 Å². The number of fused-ring (bicyclic) bond motifs is 1. The van der Waals surface area contributed by atoms with Crippen LogP contribution >= 0.6 is 11.3 Å². The van der Waals surface area contributed by atoms with Gasteiger partial charge in [0, 0.05) is 61.2 Å². The zero-order valence-electron chi connectivity index (χ0n) is 19.6. The zero-order valence-corrected chi connectivity index (χ0v) is 20.5. The van der Waals surface area contributed by atoms with E-state index >= 15 is 0 Å². The van der Waals surface area contributed by atoms with Gasteiger partial charge in [-0.05, 0) is 50.7 Å². The number of aliphatic carboxylic acids is 2. The van der Waals surface area contributed by atoms with E-state index < -0.39 is 24.3 Å². The fourth-order valence-corrected chi connectivity index (χ4v) is 5.53. The Kier molecular flexibility index (Phi) is 11.0. The van der Waals surface area contributed by atoms with Crippen molar-refractivity contribution in [3.63, 3.8) is 0 Å². The van der Waals surface area contributed by atoms with Crippen molar-refractivity contribution < 1.29 is 50.9 Å². The summed E-state index contributed by atoms with van der Waals surface area (Å²) in [6.45, 7) is 9.27. The van der Waals surface area contributed by atoms with Crippen molar-refractivity contribution in [1.82, 2.24) is 9.80 Å². The number of halogens is 6. The van der Waals surface area contributed by atoms with Gasteiger partial charge < -0.3 is 14.9 Å². The summed E-state index contributed by atoms with van der Waals surface area (Å²) in [5.41, 5.74) is 0. The molecule has 1 aromatic heterocycles. The molecule has 1 aromatic rings. The molecule has 3 saturated heterocycles. The minimum Gasteiger partial charge on any atom is -0.475 e. The van der Waals surface area contributed by atoms with Gasteiger partial charge in [0.25, 0.3) is 0 Å². The number of ether oxygens (including phenoxy) is 1. The Morgan fingerprint density at radius 3 is 1.83 bits per heavy atom. The number of aryl methyl sites for hydroxylation is 1. The Balaban J connectivity index is 0.000000271. The van der Waals surface area contributed by atoms with Crippen LogP contribution in [0.2, 0.25) is 0 Å². The number of hydrogen-bond acceptors (Lipinski definition) is 6. The molecule has 0 saturated carbocycles. The maximum atomic E-state index is 10.6. The summed E-state index contributed by atoms with van der Waals surface area (Å²) in [6.07, 6.45) is -4.88. The van der Waals surface area contributed by atoms with Crippen molar-refractivity contribution in [1.29, 1.82) is 0 Å². The van der Waals surface area contributed by atoms with Crippen LogP contribution in [-0.4, -0.2) is 89.2 Å². The summed E-state index contributed by atoms with van der Waals surface area (Å²) in [5, 5.41) is 14.2. The van der Waals surface area contributed by atoms with Crippen LogP contribution in [0, 0.1) is 12.8 Å². The molecule has 3 aliphatic heterocycles. The Morgan fingerprint density at radius 1 is 0.917 bits per heavy atom. The van der Waals surface area contributed by atoms with Gasteiger partial charge in [0.1, 0.15) is 0 Å². The molecule has 206 valence electrons. The third-order valence-electron chi connectivity index (χ3n) is 6.28. The minimum atomic E-state index is -5.08. The summed E-state index contributed by atoms with van der Waals surface area (Å²) >= 11 is 1.97. The number of carboxylic acid groups (broad SMARTS) is 2. The lowest BCUT2D eigenvalue weighted by atomic mass is 9.99. The summed E-state index contributed by atoms with van der Waals surface area (Å²) in [6, 6.07) is 6.22. The summed E-state index contributed by atoms with van der Waals surface area (Å²) in [5.74, 6) is -4.64. The van der Waals surface area contributed by atoms with Gasteiger partial charge in [0.2, 0.25) is 0 Å². The molecule has 4 heterocycles. The van der Waals surface area contributed by atoms with E-state index in [-0.39, 0.29) is 0 Å². The van der Waals surface area contributed by atoms with E-state index in [1.54, 1.807) is 4.88 Å². The standard InChI is InChI=1S/C18H28N2OS.2C2HF3O2/c1-14-2-3-16(22-14)13-20-9-5-17-18(20)4-8-19(17)12-15-6-10-21-11-7-15;2*3-2(4,5)1(6)7/h2-3,15,17-18H,4-13H2,1H3;2*(H,6,7)/t17-,18+;;/m0../s1. The maximum absolute atomic E-state index is 10.6. The molecule has 0 spiro atoms. The first kappa shape index (κ1) is 30.3. The molecule has 0 bridgehead atoms. The maximum Gasteiger partial charge on any atom is 0.490 e. The molecular formula is C22H30F6N2O5S. The Morgan fingerprint density at radius 2 is 1.39 bits per heavy atom. The molecule has 0 aliphatic carbocycles. The summed E-state index contributed by atoms with van der Waals surface area (Å²) in [4.78, 5) is 26.3. The van der Waals surface area contributed by atoms with E-state index in [2.05, 4.69) is 28.9 Å². The number of hydrogen-bond donors (Lipinski definition) is 2. The highest BCUT2D eigenvalue weighted by Gasteiger charge is 2.43. The molecule has 0 unspecified atom stereocenters. The number of likely N-dealkylation sites (tertiary alicyclic amines) is 2. The average Bonchev–Trinajstić information content (AvgIpc) is 3.47. The Hall–Kier alpha value is -1.90. The normalized spacial score (nSPS) is 23.3. The number of alkyl halides is 6. The van der Waals surface area contributed by atoms with E-state index in [0.717, 1.165) is 31.2 Å². The zero-order chi connectivity index (χ0) is 27.1. The van der Waals surface area contributed by atoms with E-state index in [1.807, 2.05) is 11.3 Å². The van der Waals surface area contributed by atoms with Gasteiger partial charge in [-0.2, -0.15) is 26.3 Å². The van der Waals surface area contributed by atoms with Gasteiger partial charge in [-0.1, -0.05) is 0 Å².